The minimum absolute atomic E-state index is 0.109. The average molecular weight is 262 g/mol. The first-order valence-electron chi connectivity index (χ1n) is 6.10. The van der Waals surface area contributed by atoms with E-state index in [4.69, 9.17) is 0 Å². The molecule has 19 heavy (non-hydrogen) atoms. The predicted octanol–water partition coefficient (Wildman–Crippen LogP) is 1.39. The Hall–Kier alpha value is -2.08. The normalized spacial score (nSPS) is 12.8. The number of pyridine rings is 1. The van der Waals surface area contributed by atoms with Crippen LogP contribution in [-0.2, 0) is 0 Å². The van der Waals surface area contributed by atoms with Gasteiger partial charge in [-0.25, -0.2) is 9.78 Å². The van der Waals surface area contributed by atoms with Crippen molar-refractivity contribution in [2.45, 2.75) is 13.0 Å². The van der Waals surface area contributed by atoms with E-state index < -0.39 is 5.97 Å². The highest BCUT2D eigenvalue weighted by Crippen LogP contribution is 2.18. The lowest BCUT2D eigenvalue weighted by Crippen LogP contribution is -2.30. The molecule has 0 amide bonds. The van der Waals surface area contributed by atoms with Crippen molar-refractivity contribution >= 4 is 17.4 Å². The second kappa shape index (κ2) is 5.27. The molecule has 2 heterocycles. The fraction of sp³-hybridized carbons (Fsp3) is 0.385. The van der Waals surface area contributed by atoms with Crippen molar-refractivity contribution in [2.24, 2.45) is 0 Å². The molecule has 0 saturated carbocycles. The van der Waals surface area contributed by atoms with Gasteiger partial charge in [0.25, 0.3) is 0 Å². The van der Waals surface area contributed by atoms with E-state index in [1.165, 1.54) is 0 Å². The van der Waals surface area contributed by atoms with E-state index in [9.17, 15) is 9.90 Å². The molecule has 6 heteroatoms. The maximum Gasteiger partial charge on any atom is 0.356 e. The van der Waals surface area contributed by atoms with E-state index in [2.05, 4.69) is 10.3 Å². The molecule has 102 valence electrons. The van der Waals surface area contributed by atoms with Crippen molar-refractivity contribution < 1.29 is 9.90 Å². The van der Waals surface area contributed by atoms with Crippen molar-refractivity contribution in [2.75, 3.05) is 26.0 Å². The number of hydrogen-bond acceptors (Lipinski definition) is 4. The number of nitrogens with one attached hydrogen (secondary N) is 1. The summed E-state index contributed by atoms with van der Waals surface area (Å²) in [4.78, 5) is 17.8. The lowest BCUT2D eigenvalue weighted by molar-refractivity contribution is 0.0690. The zero-order valence-corrected chi connectivity index (χ0v) is 11.3. The molecule has 0 aliphatic carbocycles. The Morgan fingerprint density at radius 2 is 2.26 bits per heavy atom. The molecule has 0 saturated heterocycles. The van der Waals surface area contributed by atoms with E-state index in [0.717, 1.165) is 6.54 Å². The molecule has 0 spiro atoms. The van der Waals surface area contributed by atoms with Crippen molar-refractivity contribution in [3.05, 3.63) is 30.1 Å². The number of rotatable bonds is 5. The number of carbonyl (C=O) groups is 1. The van der Waals surface area contributed by atoms with E-state index >= 15 is 0 Å². The summed E-state index contributed by atoms with van der Waals surface area (Å²) >= 11 is 0. The van der Waals surface area contributed by atoms with Crippen molar-refractivity contribution in [3.63, 3.8) is 0 Å². The number of fused-ring (bicyclic) bond motifs is 1. The molecule has 6 nitrogen and oxygen atoms in total. The topological polar surface area (TPSA) is 69.9 Å². The van der Waals surface area contributed by atoms with Crippen LogP contribution in [0.2, 0.25) is 0 Å². The largest absolute Gasteiger partial charge is 0.476 e. The third-order valence-corrected chi connectivity index (χ3v) is 2.75. The Labute approximate surface area is 111 Å². The van der Waals surface area contributed by atoms with Crippen LogP contribution in [0.25, 0.3) is 5.65 Å². The highest BCUT2D eigenvalue weighted by molar-refractivity contribution is 5.93. The van der Waals surface area contributed by atoms with Gasteiger partial charge in [-0.15, -0.1) is 0 Å². The number of aromatic carboxylic acids is 1. The van der Waals surface area contributed by atoms with Gasteiger partial charge in [-0.05, 0) is 33.2 Å². The molecule has 1 atom stereocenters. The number of imidazole rings is 1. The number of likely N-dealkylation sites (N-methyl/N-ethyl adjacent to an activating group) is 1. The minimum atomic E-state index is -0.988. The van der Waals surface area contributed by atoms with Gasteiger partial charge in [0.1, 0.15) is 5.65 Å². The molecule has 2 N–H and O–H groups in total. The second-order valence-corrected chi connectivity index (χ2v) is 4.85. The van der Waals surface area contributed by atoms with Crippen molar-refractivity contribution in [1.82, 2.24) is 14.3 Å². The SMILES string of the molecule is CC(CN(C)C)Nc1nc2ccccn2c1C(=O)O. The van der Waals surface area contributed by atoms with E-state index in [1.54, 1.807) is 22.7 Å². The average Bonchev–Trinajstić information content (AvgIpc) is 2.64. The fourth-order valence-corrected chi connectivity index (χ4v) is 2.13. The third kappa shape index (κ3) is 2.85. The number of anilines is 1. The molecule has 2 aromatic rings. The van der Waals surface area contributed by atoms with Gasteiger partial charge in [0, 0.05) is 18.8 Å². The molecule has 0 radical (unpaired) electrons. The van der Waals surface area contributed by atoms with Crippen LogP contribution in [0, 0.1) is 0 Å². The number of aromatic nitrogens is 2. The first kappa shape index (κ1) is 13.4. The zero-order chi connectivity index (χ0) is 14.0. The quantitative estimate of drug-likeness (QED) is 0.852. The Balaban J connectivity index is 2.37. The summed E-state index contributed by atoms with van der Waals surface area (Å²) < 4.78 is 1.58. The highest BCUT2D eigenvalue weighted by atomic mass is 16.4. The molecule has 2 rings (SSSR count). The Kier molecular flexibility index (Phi) is 3.71. The molecular weight excluding hydrogens is 244 g/mol. The number of nitrogens with zero attached hydrogens (tertiary/aromatic N) is 3. The van der Waals surface area contributed by atoms with E-state index in [-0.39, 0.29) is 11.7 Å². The standard InChI is InChI=1S/C13H18N4O2/c1-9(8-16(2)3)14-12-11(13(18)19)17-7-5-4-6-10(17)15-12/h4-7,9,14H,8H2,1-3H3,(H,18,19). The van der Waals surface area contributed by atoms with Gasteiger partial charge in [-0.1, -0.05) is 6.07 Å². The van der Waals surface area contributed by atoms with Crippen molar-refractivity contribution in [1.29, 1.82) is 0 Å². The molecule has 0 aliphatic heterocycles. The lowest BCUT2D eigenvalue weighted by atomic mass is 10.3. The van der Waals surface area contributed by atoms with E-state index in [1.807, 2.05) is 32.0 Å². The predicted molar refractivity (Wildman–Crippen MR) is 73.8 cm³/mol. The van der Waals surface area contributed by atoms with Gasteiger partial charge < -0.3 is 15.3 Å². The Bertz CT molecular complexity index is 591. The second-order valence-electron chi connectivity index (χ2n) is 4.85. The molecule has 0 fully saturated rings. The van der Waals surface area contributed by atoms with Crippen LogP contribution in [0.5, 0.6) is 0 Å². The molecule has 0 aliphatic rings. The van der Waals surface area contributed by atoms with Crippen molar-refractivity contribution in [3.8, 4) is 0 Å². The van der Waals surface area contributed by atoms with Gasteiger partial charge in [0.2, 0.25) is 0 Å². The Morgan fingerprint density at radius 1 is 1.53 bits per heavy atom. The fourth-order valence-electron chi connectivity index (χ4n) is 2.13. The highest BCUT2D eigenvalue weighted by Gasteiger charge is 2.19. The molecule has 0 bridgehead atoms. The summed E-state index contributed by atoms with van der Waals surface area (Å²) in [6.07, 6.45) is 1.70. The first-order chi connectivity index (χ1) is 8.99. The van der Waals surface area contributed by atoms with Crippen LogP contribution >= 0.6 is 0 Å². The van der Waals surface area contributed by atoms with Crippen LogP contribution < -0.4 is 5.32 Å². The van der Waals surface area contributed by atoms with Crippen LogP contribution in [0.1, 0.15) is 17.4 Å². The molecular formula is C13H18N4O2. The van der Waals surface area contributed by atoms with Gasteiger partial charge >= 0.3 is 5.97 Å². The van der Waals surface area contributed by atoms with Crippen LogP contribution in [0.3, 0.4) is 0 Å². The molecule has 0 aromatic carbocycles. The minimum Gasteiger partial charge on any atom is -0.476 e. The maximum atomic E-state index is 11.4. The number of carboxylic acid groups (broad SMARTS) is 1. The van der Waals surface area contributed by atoms with Crippen LogP contribution in [-0.4, -0.2) is 52.0 Å². The number of hydrogen-bond donors (Lipinski definition) is 2. The van der Waals surface area contributed by atoms with Gasteiger partial charge in [-0.3, -0.25) is 4.40 Å². The van der Waals surface area contributed by atoms with Gasteiger partial charge in [-0.2, -0.15) is 0 Å². The smallest absolute Gasteiger partial charge is 0.356 e. The third-order valence-electron chi connectivity index (χ3n) is 2.75. The van der Waals surface area contributed by atoms with Gasteiger partial charge in [0.15, 0.2) is 11.5 Å². The van der Waals surface area contributed by atoms with Crippen LogP contribution in [0.15, 0.2) is 24.4 Å². The zero-order valence-electron chi connectivity index (χ0n) is 11.3. The monoisotopic (exact) mass is 262 g/mol. The van der Waals surface area contributed by atoms with Gasteiger partial charge in [0.05, 0.1) is 0 Å². The van der Waals surface area contributed by atoms with Crippen LogP contribution in [0.4, 0.5) is 5.82 Å². The summed E-state index contributed by atoms with van der Waals surface area (Å²) in [6, 6.07) is 5.52. The van der Waals surface area contributed by atoms with E-state index in [0.29, 0.717) is 11.5 Å². The molecule has 2 aromatic heterocycles. The summed E-state index contributed by atoms with van der Waals surface area (Å²) in [5.41, 5.74) is 0.792. The Morgan fingerprint density at radius 3 is 2.89 bits per heavy atom. The first-order valence-corrected chi connectivity index (χ1v) is 6.10. The lowest BCUT2D eigenvalue weighted by Gasteiger charge is -2.18. The number of carboxylic acids is 1. The molecule has 1 unspecified atom stereocenters. The summed E-state index contributed by atoms with van der Waals surface area (Å²) in [5, 5.41) is 12.5. The maximum absolute atomic E-state index is 11.4. The summed E-state index contributed by atoms with van der Waals surface area (Å²) in [7, 11) is 3.94. The summed E-state index contributed by atoms with van der Waals surface area (Å²) in [6.45, 7) is 2.79. The summed E-state index contributed by atoms with van der Waals surface area (Å²) in [5.74, 6) is -0.577.